The minimum atomic E-state index is -0.493. The molecule has 0 saturated carbocycles. The number of rotatable bonds is 1. The second kappa shape index (κ2) is 3.65. The number of methoxy groups -OCH3 is 1. The molecule has 0 aliphatic carbocycles. The van der Waals surface area contributed by atoms with E-state index in [2.05, 4.69) is 9.72 Å². The van der Waals surface area contributed by atoms with Crippen molar-refractivity contribution in [2.24, 2.45) is 0 Å². The first-order valence-corrected chi connectivity index (χ1v) is 4.35. The molecule has 1 aromatic heterocycles. The molecule has 0 amide bonds. The maximum Gasteiger partial charge on any atom is 0.338 e. The first-order valence-electron chi connectivity index (χ1n) is 4.35. The highest BCUT2D eigenvalue weighted by Gasteiger charge is 2.10. The standard InChI is InChI=1S/C11H8FNO2/c1-15-11(14)8-4-5-13-10-3-2-7(12)6-9(8)10/h2-6H,1H3. The maximum absolute atomic E-state index is 13.0. The normalized spacial score (nSPS) is 10.3. The lowest BCUT2D eigenvalue weighted by Crippen LogP contribution is -2.02. The maximum atomic E-state index is 13.0. The fourth-order valence-corrected chi connectivity index (χ4v) is 1.41. The van der Waals surface area contributed by atoms with Gasteiger partial charge >= 0.3 is 5.97 Å². The first-order chi connectivity index (χ1) is 7.22. The van der Waals surface area contributed by atoms with Crippen LogP contribution in [-0.2, 0) is 4.74 Å². The Bertz CT molecular complexity index is 525. The minimum Gasteiger partial charge on any atom is -0.465 e. The third kappa shape index (κ3) is 1.66. The van der Waals surface area contributed by atoms with E-state index in [9.17, 15) is 9.18 Å². The van der Waals surface area contributed by atoms with Crippen LogP contribution in [0.15, 0.2) is 30.5 Å². The van der Waals surface area contributed by atoms with Gasteiger partial charge in [0.25, 0.3) is 0 Å². The SMILES string of the molecule is COC(=O)c1ccnc2ccc(F)cc12. The summed E-state index contributed by atoms with van der Waals surface area (Å²) in [6.45, 7) is 0. The lowest BCUT2D eigenvalue weighted by atomic mass is 10.1. The van der Waals surface area contributed by atoms with Crippen molar-refractivity contribution in [2.45, 2.75) is 0 Å². The van der Waals surface area contributed by atoms with E-state index in [0.29, 0.717) is 16.5 Å². The summed E-state index contributed by atoms with van der Waals surface area (Å²) in [5.41, 5.74) is 0.890. The summed E-state index contributed by atoms with van der Waals surface area (Å²) in [6.07, 6.45) is 1.49. The molecule has 0 atom stereocenters. The zero-order chi connectivity index (χ0) is 10.8. The predicted molar refractivity (Wildman–Crippen MR) is 53.0 cm³/mol. The van der Waals surface area contributed by atoms with Crippen molar-refractivity contribution in [2.75, 3.05) is 7.11 Å². The van der Waals surface area contributed by atoms with E-state index in [-0.39, 0.29) is 0 Å². The topological polar surface area (TPSA) is 39.2 Å². The van der Waals surface area contributed by atoms with E-state index in [1.165, 1.54) is 37.6 Å². The summed E-state index contributed by atoms with van der Waals surface area (Å²) >= 11 is 0. The Kier molecular flexibility index (Phi) is 2.33. The summed E-state index contributed by atoms with van der Waals surface area (Å²) in [6, 6.07) is 5.61. The van der Waals surface area contributed by atoms with Gasteiger partial charge in [-0.25, -0.2) is 9.18 Å². The quantitative estimate of drug-likeness (QED) is 0.669. The van der Waals surface area contributed by atoms with Crippen LogP contribution in [0, 0.1) is 5.82 Å². The van der Waals surface area contributed by atoms with E-state index >= 15 is 0 Å². The number of pyridine rings is 1. The van der Waals surface area contributed by atoms with Gasteiger partial charge in [-0.3, -0.25) is 4.98 Å². The summed E-state index contributed by atoms with van der Waals surface area (Å²) in [5, 5.41) is 0.462. The second-order valence-corrected chi connectivity index (χ2v) is 3.01. The van der Waals surface area contributed by atoms with Crippen LogP contribution < -0.4 is 0 Å². The van der Waals surface area contributed by atoms with E-state index in [1.54, 1.807) is 0 Å². The van der Waals surface area contributed by atoms with E-state index in [1.807, 2.05) is 0 Å². The zero-order valence-corrected chi connectivity index (χ0v) is 8.03. The summed E-state index contributed by atoms with van der Waals surface area (Å²) in [5.74, 6) is -0.895. The van der Waals surface area contributed by atoms with Gasteiger partial charge < -0.3 is 4.74 Å². The average molecular weight is 205 g/mol. The minimum absolute atomic E-state index is 0.321. The van der Waals surface area contributed by atoms with Crippen molar-refractivity contribution in [1.29, 1.82) is 0 Å². The third-order valence-electron chi connectivity index (χ3n) is 2.11. The van der Waals surface area contributed by atoms with Crippen LogP contribution in [0.2, 0.25) is 0 Å². The van der Waals surface area contributed by atoms with Crippen LogP contribution in [0.25, 0.3) is 10.9 Å². The molecular weight excluding hydrogens is 197 g/mol. The fraction of sp³-hybridized carbons (Fsp3) is 0.0909. The van der Waals surface area contributed by atoms with Gasteiger partial charge in [0.15, 0.2) is 0 Å². The number of benzene rings is 1. The van der Waals surface area contributed by atoms with Crippen molar-refractivity contribution in [3.05, 3.63) is 41.8 Å². The lowest BCUT2D eigenvalue weighted by molar-refractivity contribution is 0.0603. The Morgan fingerprint density at radius 1 is 1.40 bits per heavy atom. The van der Waals surface area contributed by atoms with Gasteiger partial charge in [-0.05, 0) is 24.3 Å². The molecule has 2 aromatic rings. The number of hydrogen-bond acceptors (Lipinski definition) is 3. The van der Waals surface area contributed by atoms with Crippen molar-refractivity contribution < 1.29 is 13.9 Å². The fourth-order valence-electron chi connectivity index (χ4n) is 1.41. The van der Waals surface area contributed by atoms with Crippen LogP contribution in [0.4, 0.5) is 4.39 Å². The van der Waals surface area contributed by atoms with Crippen molar-refractivity contribution in [3.63, 3.8) is 0 Å². The molecule has 1 aromatic carbocycles. The molecule has 0 fully saturated rings. The lowest BCUT2D eigenvalue weighted by Gasteiger charge is -2.03. The first kappa shape index (κ1) is 9.58. The molecule has 0 N–H and O–H groups in total. The number of ether oxygens (including phenoxy) is 1. The second-order valence-electron chi connectivity index (χ2n) is 3.01. The highest BCUT2D eigenvalue weighted by molar-refractivity contribution is 6.03. The molecule has 15 heavy (non-hydrogen) atoms. The molecule has 0 aliphatic rings. The Morgan fingerprint density at radius 2 is 2.20 bits per heavy atom. The molecule has 76 valence electrons. The Balaban J connectivity index is 2.74. The number of carbonyl (C=O) groups is 1. The van der Waals surface area contributed by atoms with Crippen LogP contribution in [0.3, 0.4) is 0 Å². The predicted octanol–water partition coefficient (Wildman–Crippen LogP) is 2.16. The van der Waals surface area contributed by atoms with Gasteiger partial charge in [0.05, 0.1) is 18.2 Å². The Morgan fingerprint density at radius 3 is 2.93 bits per heavy atom. The monoisotopic (exact) mass is 205 g/mol. The molecule has 0 aliphatic heterocycles. The van der Waals surface area contributed by atoms with Crippen LogP contribution in [-0.4, -0.2) is 18.1 Å². The van der Waals surface area contributed by atoms with Gasteiger partial charge in [0, 0.05) is 11.6 Å². The van der Waals surface area contributed by atoms with Gasteiger partial charge in [0.2, 0.25) is 0 Å². The number of esters is 1. The molecule has 0 bridgehead atoms. The largest absolute Gasteiger partial charge is 0.465 e. The Hall–Kier alpha value is -1.97. The zero-order valence-electron chi connectivity index (χ0n) is 8.03. The summed E-state index contributed by atoms with van der Waals surface area (Å²) in [7, 11) is 1.29. The molecule has 2 rings (SSSR count). The average Bonchev–Trinajstić information content (AvgIpc) is 2.27. The van der Waals surface area contributed by atoms with E-state index in [4.69, 9.17) is 0 Å². The van der Waals surface area contributed by atoms with E-state index in [0.717, 1.165) is 0 Å². The number of hydrogen-bond donors (Lipinski definition) is 0. The number of aromatic nitrogens is 1. The van der Waals surface area contributed by atoms with Crippen molar-refractivity contribution in [1.82, 2.24) is 4.98 Å². The Labute approximate surface area is 85.5 Å². The smallest absolute Gasteiger partial charge is 0.338 e. The highest BCUT2D eigenvalue weighted by atomic mass is 19.1. The van der Waals surface area contributed by atoms with Gasteiger partial charge in [-0.1, -0.05) is 0 Å². The summed E-state index contributed by atoms with van der Waals surface area (Å²) in [4.78, 5) is 15.4. The molecule has 0 spiro atoms. The van der Waals surface area contributed by atoms with E-state index < -0.39 is 11.8 Å². The van der Waals surface area contributed by atoms with Gasteiger partial charge in [0.1, 0.15) is 5.82 Å². The molecule has 1 heterocycles. The number of carbonyl (C=O) groups excluding carboxylic acids is 1. The molecule has 0 radical (unpaired) electrons. The number of fused-ring (bicyclic) bond motifs is 1. The molecular formula is C11H8FNO2. The highest BCUT2D eigenvalue weighted by Crippen LogP contribution is 2.18. The number of halogens is 1. The van der Waals surface area contributed by atoms with Crippen molar-refractivity contribution >= 4 is 16.9 Å². The van der Waals surface area contributed by atoms with Gasteiger partial charge in [-0.2, -0.15) is 0 Å². The molecule has 0 saturated heterocycles. The van der Waals surface area contributed by atoms with Crippen LogP contribution >= 0.6 is 0 Å². The van der Waals surface area contributed by atoms with Crippen molar-refractivity contribution in [3.8, 4) is 0 Å². The molecule has 4 heteroatoms. The molecule has 0 unspecified atom stereocenters. The van der Waals surface area contributed by atoms with Crippen LogP contribution in [0.1, 0.15) is 10.4 Å². The molecule has 3 nitrogen and oxygen atoms in total. The van der Waals surface area contributed by atoms with Crippen LogP contribution in [0.5, 0.6) is 0 Å². The third-order valence-corrected chi connectivity index (χ3v) is 2.11. The van der Waals surface area contributed by atoms with Gasteiger partial charge in [-0.15, -0.1) is 0 Å². The number of nitrogens with zero attached hydrogens (tertiary/aromatic N) is 1. The summed E-state index contributed by atoms with van der Waals surface area (Å²) < 4.78 is 17.6.